The summed E-state index contributed by atoms with van der Waals surface area (Å²) >= 11 is 0. The third kappa shape index (κ3) is 5.04. The average Bonchev–Trinajstić information content (AvgIpc) is 2.32. The van der Waals surface area contributed by atoms with E-state index in [2.05, 4.69) is 9.46 Å². The molecule has 0 aliphatic rings. The maximum atomic E-state index is 11.7. The van der Waals surface area contributed by atoms with Gasteiger partial charge in [0, 0.05) is 12.5 Å². The number of nitrogen functional groups attached to an aromatic ring is 1. The average molecular weight is 288 g/mol. The molecule has 0 bridgehead atoms. The predicted octanol–water partition coefficient (Wildman–Crippen LogP) is 0.669. The molecule has 0 aliphatic heterocycles. The minimum Gasteiger partial charge on any atom is -0.508 e. The number of anilines is 2. The molecular formula is C11H16N2O5S. The van der Waals surface area contributed by atoms with Crippen molar-refractivity contribution in [3.8, 4) is 5.75 Å². The molecule has 8 heteroatoms. The predicted molar refractivity (Wildman–Crippen MR) is 71.2 cm³/mol. The lowest BCUT2D eigenvalue weighted by molar-refractivity contribution is -0.140. The van der Waals surface area contributed by atoms with Gasteiger partial charge in [-0.2, -0.15) is 0 Å². The zero-order chi connectivity index (χ0) is 14.5. The van der Waals surface area contributed by atoms with Crippen molar-refractivity contribution >= 4 is 27.4 Å². The van der Waals surface area contributed by atoms with E-state index in [9.17, 15) is 13.2 Å². The molecule has 0 fully saturated rings. The lowest BCUT2D eigenvalue weighted by Crippen LogP contribution is -2.18. The van der Waals surface area contributed by atoms with Crippen LogP contribution in [0.15, 0.2) is 18.2 Å². The highest BCUT2D eigenvalue weighted by Crippen LogP contribution is 2.24. The molecule has 0 unspecified atom stereocenters. The number of hydrogen-bond acceptors (Lipinski definition) is 6. The van der Waals surface area contributed by atoms with Gasteiger partial charge in [-0.15, -0.1) is 0 Å². The molecular weight excluding hydrogens is 272 g/mol. The van der Waals surface area contributed by atoms with Crippen LogP contribution in [0.4, 0.5) is 11.4 Å². The Hall–Kier alpha value is -1.96. The molecule has 0 saturated heterocycles. The summed E-state index contributed by atoms with van der Waals surface area (Å²) in [6.45, 7) is 0. The van der Waals surface area contributed by atoms with Gasteiger partial charge in [0.15, 0.2) is 0 Å². The molecule has 0 heterocycles. The number of nitrogens with one attached hydrogen (secondary N) is 1. The fourth-order valence-corrected chi connectivity index (χ4v) is 2.52. The van der Waals surface area contributed by atoms with Gasteiger partial charge >= 0.3 is 5.97 Å². The SMILES string of the molecule is COC(=O)CCCS(=O)(=O)Nc1ccc(O)cc1N. The summed E-state index contributed by atoms with van der Waals surface area (Å²) in [6.07, 6.45) is 0.183. The lowest BCUT2D eigenvalue weighted by Gasteiger charge is -2.10. The number of nitrogens with two attached hydrogens (primary N) is 1. The van der Waals surface area contributed by atoms with Crippen LogP contribution >= 0.6 is 0 Å². The van der Waals surface area contributed by atoms with Crippen LogP contribution in [0.25, 0.3) is 0 Å². The van der Waals surface area contributed by atoms with E-state index in [1.54, 1.807) is 0 Å². The molecule has 7 nitrogen and oxygen atoms in total. The van der Waals surface area contributed by atoms with Crippen molar-refractivity contribution in [1.82, 2.24) is 0 Å². The minimum atomic E-state index is -3.59. The topological polar surface area (TPSA) is 119 Å². The molecule has 0 radical (unpaired) electrons. The van der Waals surface area contributed by atoms with E-state index in [1.165, 1.54) is 25.3 Å². The summed E-state index contributed by atoms with van der Waals surface area (Å²) in [4.78, 5) is 10.9. The number of esters is 1. The Balaban J connectivity index is 2.61. The van der Waals surface area contributed by atoms with Gasteiger partial charge in [0.1, 0.15) is 5.75 Å². The Labute approximate surface area is 111 Å². The van der Waals surface area contributed by atoms with Crippen molar-refractivity contribution in [3.63, 3.8) is 0 Å². The third-order valence-electron chi connectivity index (χ3n) is 2.32. The van der Waals surface area contributed by atoms with Crippen molar-refractivity contribution in [3.05, 3.63) is 18.2 Å². The number of aromatic hydroxyl groups is 1. The Bertz CT molecular complexity index is 556. The summed E-state index contributed by atoms with van der Waals surface area (Å²) in [5, 5.41) is 9.16. The smallest absolute Gasteiger partial charge is 0.305 e. The standard InChI is InChI=1S/C11H16N2O5S/c1-18-11(15)3-2-6-19(16,17)13-10-5-4-8(14)7-9(10)12/h4-5,7,13-14H,2-3,6,12H2,1H3. The van der Waals surface area contributed by atoms with Crippen LogP contribution < -0.4 is 10.5 Å². The normalized spacial score (nSPS) is 11.0. The number of carbonyl (C=O) groups is 1. The maximum absolute atomic E-state index is 11.7. The number of hydrogen-bond donors (Lipinski definition) is 3. The first kappa shape index (κ1) is 15.1. The van der Waals surface area contributed by atoms with Gasteiger partial charge in [-0.25, -0.2) is 8.42 Å². The van der Waals surface area contributed by atoms with Crippen LogP contribution in [0.1, 0.15) is 12.8 Å². The van der Waals surface area contributed by atoms with Gasteiger partial charge in [-0.1, -0.05) is 0 Å². The molecule has 4 N–H and O–H groups in total. The number of methoxy groups -OCH3 is 1. The highest BCUT2D eigenvalue weighted by atomic mass is 32.2. The molecule has 0 amide bonds. The number of phenolic OH excluding ortho intramolecular Hbond substituents is 1. The Kier molecular flexibility index (Phi) is 4.99. The van der Waals surface area contributed by atoms with Gasteiger partial charge < -0.3 is 15.6 Å². The number of benzene rings is 1. The fraction of sp³-hybridized carbons (Fsp3) is 0.364. The number of carbonyl (C=O) groups excluding carboxylic acids is 1. The summed E-state index contributed by atoms with van der Waals surface area (Å²) < 4.78 is 30.2. The lowest BCUT2D eigenvalue weighted by atomic mass is 10.2. The molecule has 1 aromatic carbocycles. The van der Waals surface area contributed by atoms with Crippen molar-refractivity contribution in [2.24, 2.45) is 0 Å². The van der Waals surface area contributed by atoms with Gasteiger partial charge in [-0.3, -0.25) is 9.52 Å². The highest BCUT2D eigenvalue weighted by Gasteiger charge is 2.13. The first-order chi connectivity index (χ1) is 8.84. The first-order valence-electron chi connectivity index (χ1n) is 5.50. The largest absolute Gasteiger partial charge is 0.508 e. The van der Waals surface area contributed by atoms with Crippen LogP contribution in [0.3, 0.4) is 0 Å². The van der Waals surface area contributed by atoms with E-state index in [0.717, 1.165) is 0 Å². The number of phenols is 1. The summed E-state index contributed by atoms with van der Waals surface area (Å²) in [7, 11) is -2.35. The molecule has 106 valence electrons. The third-order valence-corrected chi connectivity index (χ3v) is 3.68. The monoisotopic (exact) mass is 288 g/mol. The van der Waals surface area contributed by atoms with Crippen molar-refractivity contribution in [2.45, 2.75) is 12.8 Å². The summed E-state index contributed by atoms with van der Waals surface area (Å²) in [5.74, 6) is -0.729. The highest BCUT2D eigenvalue weighted by molar-refractivity contribution is 7.92. The van der Waals surface area contributed by atoms with E-state index < -0.39 is 16.0 Å². The minimum absolute atomic E-state index is 0.0302. The second-order valence-electron chi connectivity index (χ2n) is 3.87. The Morgan fingerprint density at radius 1 is 1.47 bits per heavy atom. The molecule has 0 spiro atoms. The van der Waals surface area contributed by atoms with E-state index in [4.69, 9.17) is 10.8 Å². The van der Waals surface area contributed by atoms with Gasteiger partial charge in [0.25, 0.3) is 0 Å². The maximum Gasteiger partial charge on any atom is 0.305 e. The van der Waals surface area contributed by atoms with Crippen LogP contribution in [-0.2, 0) is 19.6 Å². The number of ether oxygens (including phenoxy) is 1. The number of rotatable bonds is 6. The van der Waals surface area contributed by atoms with Crippen molar-refractivity contribution in [2.75, 3.05) is 23.3 Å². The molecule has 19 heavy (non-hydrogen) atoms. The molecule has 0 aliphatic carbocycles. The van der Waals surface area contributed by atoms with Crippen molar-refractivity contribution in [1.29, 1.82) is 0 Å². The van der Waals surface area contributed by atoms with Crippen LogP contribution in [0.2, 0.25) is 0 Å². The van der Waals surface area contributed by atoms with E-state index in [0.29, 0.717) is 0 Å². The van der Waals surface area contributed by atoms with Gasteiger partial charge in [0.05, 0.1) is 24.2 Å². The molecule has 1 aromatic rings. The van der Waals surface area contributed by atoms with E-state index in [1.807, 2.05) is 0 Å². The van der Waals surface area contributed by atoms with E-state index >= 15 is 0 Å². The van der Waals surface area contributed by atoms with Crippen LogP contribution in [0.5, 0.6) is 5.75 Å². The molecule has 0 atom stereocenters. The first-order valence-corrected chi connectivity index (χ1v) is 7.15. The number of sulfonamides is 1. The zero-order valence-corrected chi connectivity index (χ0v) is 11.2. The molecule has 0 saturated carbocycles. The molecule has 1 rings (SSSR count). The second-order valence-corrected chi connectivity index (χ2v) is 5.71. The quantitative estimate of drug-likeness (QED) is 0.402. The van der Waals surface area contributed by atoms with Crippen LogP contribution in [-0.4, -0.2) is 32.4 Å². The second kappa shape index (κ2) is 6.28. The summed E-state index contributed by atoms with van der Waals surface area (Å²) in [6, 6.07) is 3.93. The van der Waals surface area contributed by atoms with E-state index in [-0.39, 0.29) is 35.7 Å². The van der Waals surface area contributed by atoms with Gasteiger partial charge in [-0.05, 0) is 18.6 Å². The van der Waals surface area contributed by atoms with Gasteiger partial charge in [0.2, 0.25) is 10.0 Å². The fourth-order valence-electron chi connectivity index (χ4n) is 1.37. The molecule has 0 aromatic heterocycles. The van der Waals surface area contributed by atoms with Crippen molar-refractivity contribution < 1.29 is 23.1 Å². The Morgan fingerprint density at radius 3 is 2.74 bits per heavy atom. The Morgan fingerprint density at radius 2 is 2.16 bits per heavy atom. The zero-order valence-electron chi connectivity index (χ0n) is 10.4. The van der Waals surface area contributed by atoms with Crippen LogP contribution in [0, 0.1) is 0 Å². The summed E-state index contributed by atoms with van der Waals surface area (Å²) in [5.41, 5.74) is 5.88.